The van der Waals surface area contributed by atoms with Gasteiger partial charge in [0.15, 0.2) is 0 Å². The molecule has 1 heterocycles. The standard InChI is InChI=1S/C13H18N4/c14-6-5-13-8-16-10-17(13)9-12-3-1-11(7-15)2-4-12/h1,3-4,10-11,13H,2,5-6,8-9,14H2. The summed E-state index contributed by atoms with van der Waals surface area (Å²) in [6.07, 6.45) is 9.93. The first kappa shape index (κ1) is 11.9. The SMILES string of the molecule is N#CC1C=CC(CN2C=NCC2CCN)=CC1. The summed E-state index contributed by atoms with van der Waals surface area (Å²) >= 11 is 0. The Morgan fingerprint density at radius 2 is 2.47 bits per heavy atom. The molecule has 2 unspecified atom stereocenters. The second kappa shape index (κ2) is 5.65. The van der Waals surface area contributed by atoms with E-state index in [0.29, 0.717) is 12.6 Å². The number of hydrogen-bond acceptors (Lipinski definition) is 4. The van der Waals surface area contributed by atoms with Gasteiger partial charge in [0.2, 0.25) is 0 Å². The van der Waals surface area contributed by atoms with E-state index < -0.39 is 0 Å². The van der Waals surface area contributed by atoms with Crippen LogP contribution in [0, 0.1) is 17.2 Å². The summed E-state index contributed by atoms with van der Waals surface area (Å²) in [4.78, 5) is 6.55. The predicted molar refractivity (Wildman–Crippen MR) is 68.5 cm³/mol. The maximum Gasteiger partial charge on any atom is 0.0856 e. The molecule has 0 radical (unpaired) electrons. The fourth-order valence-electron chi connectivity index (χ4n) is 2.18. The Hall–Kier alpha value is -1.60. The van der Waals surface area contributed by atoms with Crippen LogP contribution in [0.25, 0.3) is 0 Å². The Bertz CT molecular complexity index is 389. The topological polar surface area (TPSA) is 65.4 Å². The molecule has 1 aliphatic carbocycles. The summed E-state index contributed by atoms with van der Waals surface area (Å²) < 4.78 is 0. The molecule has 90 valence electrons. The van der Waals surface area contributed by atoms with Gasteiger partial charge in [-0.15, -0.1) is 0 Å². The highest BCUT2D eigenvalue weighted by Gasteiger charge is 2.20. The van der Waals surface area contributed by atoms with Crippen LogP contribution in [0.2, 0.25) is 0 Å². The minimum atomic E-state index is 0.0471. The van der Waals surface area contributed by atoms with Gasteiger partial charge in [-0.25, -0.2) is 0 Å². The molecule has 0 amide bonds. The van der Waals surface area contributed by atoms with Crippen molar-refractivity contribution in [1.29, 1.82) is 5.26 Å². The van der Waals surface area contributed by atoms with Gasteiger partial charge in [-0.05, 0) is 25.0 Å². The lowest BCUT2D eigenvalue weighted by atomic mass is 9.97. The maximum atomic E-state index is 8.80. The number of nitriles is 1. The number of nitrogens with zero attached hydrogens (tertiary/aromatic N) is 3. The van der Waals surface area contributed by atoms with E-state index in [1.54, 1.807) is 0 Å². The van der Waals surface area contributed by atoms with Gasteiger partial charge in [0.05, 0.1) is 30.9 Å². The highest BCUT2D eigenvalue weighted by Crippen LogP contribution is 2.18. The zero-order chi connectivity index (χ0) is 12.1. The van der Waals surface area contributed by atoms with Crippen LogP contribution in [0.4, 0.5) is 0 Å². The number of rotatable bonds is 4. The van der Waals surface area contributed by atoms with Crippen LogP contribution >= 0.6 is 0 Å². The molecule has 2 aliphatic rings. The summed E-state index contributed by atoms with van der Waals surface area (Å²) in [5.74, 6) is 0.0471. The number of allylic oxidation sites excluding steroid dienone is 2. The van der Waals surface area contributed by atoms with Gasteiger partial charge in [0.25, 0.3) is 0 Å². The van der Waals surface area contributed by atoms with Gasteiger partial charge < -0.3 is 10.6 Å². The van der Waals surface area contributed by atoms with E-state index in [1.807, 2.05) is 12.4 Å². The first-order valence-corrected chi connectivity index (χ1v) is 6.06. The highest BCUT2D eigenvalue weighted by molar-refractivity contribution is 5.59. The summed E-state index contributed by atoms with van der Waals surface area (Å²) in [5, 5.41) is 8.80. The van der Waals surface area contributed by atoms with E-state index in [1.165, 1.54) is 5.57 Å². The van der Waals surface area contributed by atoms with Crippen molar-refractivity contribution in [2.45, 2.75) is 18.9 Å². The van der Waals surface area contributed by atoms with Crippen LogP contribution in [-0.2, 0) is 0 Å². The lowest BCUT2D eigenvalue weighted by Gasteiger charge is -2.25. The molecule has 17 heavy (non-hydrogen) atoms. The Morgan fingerprint density at radius 1 is 1.59 bits per heavy atom. The van der Waals surface area contributed by atoms with Crippen molar-refractivity contribution >= 4 is 6.34 Å². The summed E-state index contributed by atoms with van der Waals surface area (Å²) in [6, 6.07) is 2.71. The molecule has 4 nitrogen and oxygen atoms in total. The lowest BCUT2D eigenvalue weighted by Crippen LogP contribution is -2.34. The first-order chi connectivity index (χ1) is 8.33. The largest absolute Gasteiger partial charge is 0.354 e. The van der Waals surface area contributed by atoms with Gasteiger partial charge >= 0.3 is 0 Å². The molecule has 2 N–H and O–H groups in total. The molecule has 0 aromatic carbocycles. The van der Waals surface area contributed by atoms with Gasteiger partial charge in [0.1, 0.15) is 0 Å². The zero-order valence-corrected chi connectivity index (χ0v) is 9.92. The van der Waals surface area contributed by atoms with E-state index in [9.17, 15) is 0 Å². The maximum absolute atomic E-state index is 8.80. The van der Waals surface area contributed by atoms with Crippen LogP contribution in [0.5, 0.6) is 0 Å². The van der Waals surface area contributed by atoms with E-state index in [2.05, 4.69) is 28.1 Å². The van der Waals surface area contributed by atoms with Crippen molar-refractivity contribution in [1.82, 2.24) is 4.90 Å². The molecule has 0 fully saturated rings. The van der Waals surface area contributed by atoms with E-state index in [-0.39, 0.29) is 5.92 Å². The third kappa shape index (κ3) is 2.95. The average Bonchev–Trinajstić information content (AvgIpc) is 2.78. The number of aliphatic imine (C=N–C) groups is 1. The highest BCUT2D eigenvalue weighted by atomic mass is 15.2. The summed E-state index contributed by atoms with van der Waals surface area (Å²) in [5.41, 5.74) is 6.86. The van der Waals surface area contributed by atoms with Crippen LogP contribution in [0.1, 0.15) is 12.8 Å². The second-order valence-electron chi connectivity index (χ2n) is 4.49. The average molecular weight is 230 g/mol. The minimum absolute atomic E-state index is 0.0471. The van der Waals surface area contributed by atoms with Crippen molar-refractivity contribution in [2.24, 2.45) is 16.6 Å². The van der Waals surface area contributed by atoms with Crippen molar-refractivity contribution in [3.63, 3.8) is 0 Å². The third-order valence-corrected chi connectivity index (χ3v) is 3.22. The molecular formula is C13H18N4. The molecule has 0 aromatic heterocycles. The smallest absolute Gasteiger partial charge is 0.0856 e. The first-order valence-electron chi connectivity index (χ1n) is 6.06. The minimum Gasteiger partial charge on any atom is -0.354 e. The van der Waals surface area contributed by atoms with E-state index in [0.717, 1.165) is 25.9 Å². The normalized spacial score (nSPS) is 27.1. The van der Waals surface area contributed by atoms with Gasteiger partial charge in [-0.3, -0.25) is 4.99 Å². The van der Waals surface area contributed by atoms with E-state index >= 15 is 0 Å². The summed E-state index contributed by atoms with van der Waals surface area (Å²) in [6.45, 7) is 2.44. The Kier molecular flexibility index (Phi) is 3.94. The molecule has 2 atom stereocenters. The van der Waals surface area contributed by atoms with Crippen LogP contribution in [0.15, 0.2) is 28.8 Å². The monoisotopic (exact) mass is 230 g/mol. The molecule has 1 aliphatic heterocycles. The van der Waals surface area contributed by atoms with Crippen molar-refractivity contribution < 1.29 is 0 Å². The molecule has 2 rings (SSSR count). The Labute approximate surface area is 102 Å². The second-order valence-corrected chi connectivity index (χ2v) is 4.49. The van der Waals surface area contributed by atoms with Gasteiger partial charge in [0, 0.05) is 6.54 Å². The van der Waals surface area contributed by atoms with Gasteiger partial charge in [-0.2, -0.15) is 5.26 Å². The Balaban J connectivity index is 1.90. The molecule has 0 aromatic rings. The number of nitrogens with two attached hydrogens (primary N) is 1. The fourth-order valence-corrected chi connectivity index (χ4v) is 2.18. The van der Waals surface area contributed by atoms with Crippen LogP contribution in [-0.4, -0.2) is 36.9 Å². The third-order valence-electron chi connectivity index (χ3n) is 3.22. The van der Waals surface area contributed by atoms with Gasteiger partial charge in [-0.1, -0.05) is 18.2 Å². The van der Waals surface area contributed by atoms with E-state index in [4.69, 9.17) is 11.0 Å². The Morgan fingerprint density at radius 3 is 3.12 bits per heavy atom. The molecule has 0 saturated heterocycles. The number of hydrogen-bond donors (Lipinski definition) is 1. The lowest BCUT2D eigenvalue weighted by molar-refractivity contribution is 0.359. The summed E-state index contributed by atoms with van der Waals surface area (Å²) in [7, 11) is 0. The quantitative estimate of drug-likeness (QED) is 0.785. The molecular weight excluding hydrogens is 212 g/mol. The van der Waals surface area contributed by atoms with Crippen LogP contribution < -0.4 is 5.73 Å². The molecule has 4 heteroatoms. The van der Waals surface area contributed by atoms with Crippen molar-refractivity contribution in [2.75, 3.05) is 19.6 Å². The van der Waals surface area contributed by atoms with Crippen LogP contribution in [0.3, 0.4) is 0 Å². The van der Waals surface area contributed by atoms with Crippen molar-refractivity contribution in [3.05, 3.63) is 23.8 Å². The van der Waals surface area contributed by atoms with Crippen molar-refractivity contribution in [3.8, 4) is 6.07 Å². The molecule has 0 saturated carbocycles. The fraction of sp³-hybridized carbons (Fsp3) is 0.538. The molecule has 0 bridgehead atoms. The zero-order valence-electron chi connectivity index (χ0n) is 9.92. The molecule has 0 spiro atoms. The predicted octanol–water partition coefficient (Wildman–Crippen LogP) is 1.07.